The number of esters is 2. The smallest absolute Gasteiger partial charge is 0.302 e. The van der Waals surface area contributed by atoms with Gasteiger partial charge in [-0.1, -0.05) is 6.42 Å². The molecule has 0 radical (unpaired) electrons. The highest BCUT2D eigenvalue weighted by atomic mass is 16.5. The Bertz CT molecular complexity index is 462. The van der Waals surface area contributed by atoms with Crippen molar-refractivity contribution in [1.29, 1.82) is 0 Å². The van der Waals surface area contributed by atoms with Crippen LogP contribution in [0.15, 0.2) is 0 Å². The first kappa shape index (κ1) is 17.7. The number of aliphatic hydroxyl groups excluding tert-OH is 1. The van der Waals surface area contributed by atoms with E-state index in [2.05, 4.69) is 0 Å². The zero-order chi connectivity index (χ0) is 17.3. The lowest BCUT2D eigenvalue weighted by atomic mass is 9.70. The molecule has 0 aromatic carbocycles. The molecule has 7 unspecified atom stereocenters. The highest BCUT2D eigenvalue weighted by Gasteiger charge is 2.49. The molecule has 0 spiro atoms. The van der Waals surface area contributed by atoms with E-state index in [0.29, 0.717) is 11.8 Å². The van der Waals surface area contributed by atoms with E-state index in [1.165, 1.54) is 13.8 Å². The Kier molecular flexibility index (Phi) is 5.48. The third kappa shape index (κ3) is 3.76. The third-order valence-corrected chi connectivity index (χ3v) is 6.33. The van der Waals surface area contributed by atoms with Crippen LogP contribution in [0.4, 0.5) is 0 Å². The maximum Gasteiger partial charge on any atom is 0.302 e. The molecule has 3 saturated carbocycles. The first-order chi connectivity index (χ1) is 11.5. The summed E-state index contributed by atoms with van der Waals surface area (Å²) in [6, 6.07) is 0. The Balaban J connectivity index is 1.86. The zero-order valence-electron chi connectivity index (χ0n) is 14.8. The van der Waals surface area contributed by atoms with Crippen LogP contribution in [0.2, 0.25) is 0 Å². The van der Waals surface area contributed by atoms with Gasteiger partial charge < -0.3 is 14.6 Å². The molecule has 3 rings (SSSR count). The van der Waals surface area contributed by atoms with Crippen molar-refractivity contribution in [2.24, 2.45) is 23.7 Å². The van der Waals surface area contributed by atoms with Gasteiger partial charge >= 0.3 is 11.9 Å². The summed E-state index contributed by atoms with van der Waals surface area (Å²) in [7, 11) is 0. The monoisotopic (exact) mass is 338 g/mol. The largest absolute Gasteiger partial charge is 0.462 e. The minimum atomic E-state index is -0.563. The number of ether oxygens (including phenoxy) is 2. The summed E-state index contributed by atoms with van der Waals surface area (Å²) in [4.78, 5) is 23.0. The van der Waals surface area contributed by atoms with Crippen molar-refractivity contribution in [2.75, 3.05) is 0 Å². The molecular weight excluding hydrogens is 308 g/mol. The van der Waals surface area contributed by atoms with Crippen LogP contribution in [0.3, 0.4) is 0 Å². The van der Waals surface area contributed by atoms with Crippen LogP contribution in [-0.4, -0.2) is 35.4 Å². The predicted octanol–water partition coefficient (Wildman–Crippen LogP) is 2.84. The molecule has 3 aliphatic rings. The molecule has 0 aromatic rings. The lowest BCUT2D eigenvalue weighted by Gasteiger charge is -2.42. The zero-order valence-corrected chi connectivity index (χ0v) is 14.8. The van der Waals surface area contributed by atoms with Crippen LogP contribution in [-0.2, 0) is 19.1 Å². The molecule has 136 valence electrons. The van der Waals surface area contributed by atoms with Crippen molar-refractivity contribution in [3.63, 3.8) is 0 Å². The van der Waals surface area contributed by atoms with Crippen LogP contribution in [0.5, 0.6) is 0 Å². The van der Waals surface area contributed by atoms with Crippen molar-refractivity contribution < 1.29 is 24.2 Å². The van der Waals surface area contributed by atoms with Gasteiger partial charge in [-0.2, -0.15) is 0 Å². The fraction of sp³-hybridized carbons (Fsp3) is 0.895. The molecule has 0 saturated heterocycles. The maximum atomic E-state index is 11.5. The van der Waals surface area contributed by atoms with E-state index in [0.717, 1.165) is 51.4 Å². The number of carbonyl (C=O) groups is 2. The van der Waals surface area contributed by atoms with Gasteiger partial charge in [-0.15, -0.1) is 0 Å². The molecule has 24 heavy (non-hydrogen) atoms. The van der Waals surface area contributed by atoms with Gasteiger partial charge in [0.05, 0.1) is 6.10 Å². The molecule has 3 aliphatic carbocycles. The highest BCUT2D eigenvalue weighted by molar-refractivity contribution is 5.66. The van der Waals surface area contributed by atoms with Gasteiger partial charge in [0.1, 0.15) is 12.2 Å². The number of fused-ring (bicyclic) bond motifs is 3. The normalized spacial score (nSPS) is 42.2. The minimum Gasteiger partial charge on any atom is -0.462 e. The van der Waals surface area contributed by atoms with E-state index in [1.807, 2.05) is 0 Å². The Hall–Kier alpha value is -1.10. The molecular formula is C19H30O5. The lowest BCUT2D eigenvalue weighted by molar-refractivity contribution is -0.163. The van der Waals surface area contributed by atoms with Gasteiger partial charge in [0.2, 0.25) is 0 Å². The summed E-state index contributed by atoms with van der Waals surface area (Å²) >= 11 is 0. The fourth-order valence-corrected chi connectivity index (χ4v) is 5.52. The molecule has 0 heterocycles. The summed E-state index contributed by atoms with van der Waals surface area (Å²) < 4.78 is 11.1. The van der Waals surface area contributed by atoms with Crippen molar-refractivity contribution in [1.82, 2.24) is 0 Å². The van der Waals surface area contributed by atoms with Gasteiger partial charge in [0.25, 0.3) is 0 Å². The van der Waals surface area contributed by atoms with E-state index in [1.54, 1.807) is 0 Å². The van der Waals surface area contributed by atoms with Crippen molar-refractivity contribution in [2.45, 2.75) is 83.5 Å². The number of carbonyl (C=O) groups excluding carboxylic acids is 2. The van der Waals surface area contributed by atoms with E-state index in [-0.39, 0.29) is 36.0 Å². The second-order valence-electron chi connectivity index (χ2n) is 7.99. The Labute approximate surface area is 144 Å². The third-order valence-electron chi connectivity index (χ3n) is 6.33. The van der Waals surface area contributed by atoms with E-state index < -0.39 is 6.10 Å². The predicted molar refractivity (Wildman–Crippen MR) is 88.0 cm³/mol. The van der Waals surface area contributed by atoms with Crippen LogP contribution >= 0.6 is 0 Å². The average Bonchev–Trinajstić information content (AvgIpc) is 2.76. The van der Waals surface area contributed by atoms with Gasteiger partial charge in [-0.05, 0) is 56.8 Å². The minimum absolute atomic E-state index is 0.0196. The summed E-state index contributed by atoms with van der Waals surface area (Å²) in [6.45, 7) is 2.88. The summed E-state index contributed by atoms with van der Waals surface area (Å²) in [5.74, 6) is 0.391. The van der Waals surface area contributed by atoms with Gasteiger partial charge in [0, 0.05) is 25.7 Å². The number of rotatable bonds is 2. The van der Waals surface area contributed by atoms with Crippen LogP contribution in [0, 0.1) is 23.7 Å². The maximum absolute atomic E-state index is 11.5. The van der Waals surface area contributed by atoms with E-state index >= 15 is 0 Å². The summed E-state index contributed by atoms with van der Waals surface area (Å²) in [5.41, 5.74) is 0. The van der Waals surface area contributed by atoms with Crippen molar-refractivity contribution in [3.8, 4) is 0 Å². The van der Waals surface area contributed by atoms with Crippen molar-refractivity contribution in [3.05, 3.63) is 0 Å². The van der Waals surface area contributed by atoms with Gasteiger partial charge in [0.15, 0.2) is 0 Å². The standard InChI is InChI=1S/C19H30O5/c1-11(20)23-16-7-3-5-13-9-14-6-4-8-17(24-12(2)21)18(14)19(22)15(16)10-13/h13-19,22H,3-10H2,1-2H3. The first-order valence-corrected chi connectivity index (χ1v) is 9.48. The topological polar surface area (TPSA) is 72.8 Å². The average molecular weight is 338 g/mol. The molecule has 7 atom stereocenters. The highest BCUT2D eigenvalue weighted by Crippen LogP contribution is 2.48. The molecule has 1 N–H and O–H groups in total. The van der Waals surface area contributed by atoms with Crippen LogP contribution in [0.25, 0.3) is 0 Å². The van der Waals surface area contributed by atoms with Crippen molar-refractivity contribution >= 4 is 11.9 Å². The Morgan fingerprint density at radius 2 is 1.50 bits per heavy atom. The molecule has 3 fully saturated rings. The number of hydrogen-bond donors (Lipinski definition) is 1. The summed E-state index contributed by atoms with van der Waals surface area (Å²) in [6.07, 6.45) is 7.04. The number of aliphatic hydroxyl groups is 1. The molecule has 5 nitrogen and oxygen atoms in total. The summed E-state index contributed by atoms with van der Waals surface area (Å²) in [5, 5.41) is 11.2. The van der Waals surface area contributed by atoms with Crippen LogP contribution < -0.4 is 0 Å². The molecule has 2 bridgehead atoms. The van der Waals surface area contributed by atoms with Gasteiger partial charge in [-0.3, -0.25) is 9.59 Å². The molecule has 0 amide bonds. The Morgan fingerprint density at radius 3 is 2.21 bits per heavy atom. The second kappa shape index (κ2) is 7.42. The fourth-order valence-electron chi connectivity index (χ4n) is 5.52. The Morgan fingerprint density at radius 1 is 0.875 bits per heavy atom. The quantitative estimate of drug-likeness (QED) is 0.784. The second-order valence-corrected chi connectivity index (χ2v) is 7.99. The molecule has 5 heteroatoms. The lowest BCUT2D eigenvalue weighted by Crippen LogP contribution is -2.47. The molecule has 0 aromatic heterocycles. The van der Waals surface area contributed by atoms with Gasteiger partial charge in [-0.25, -0.2) is 0 Å². The first-order valence-electron chi connectivity index (χ1n) is 9.48. The number of hydrogen-bond acceptors (Lipinski definition) is 5. The SMILES string of the molecule is CC(=O)OC1CCCC2CC3CCCC(OC(C)=O)C3C(O)C1C2. The molecule has 0 aliphatic heterocycles. The van der Waals surface area contributed by atoms with Crippen LogP contribution in [0.1, 0.15) is 65.2 Å². The van der Waals surface area contributed by atoms with E-state index in [4.69, 9.17) is 9.47 Å². The van der Waals surface area contributed by atoms with E-state index in [9.17, 15) is 14.7 Å².